The monoisotopic (exact) mass is 502 g/mol. The van der Waals surface area contributed by atoms with E-state index in [1.807, 2.05) is 0 Å². The summed E-state index contributed by atoms with van der Waals surface area (Å²) < 4.78 is 20.4. The Labute approximate surface area is 212 Å². The average molecular weight is 503 g/mol. The first-order chi connectivity index (χ1) is 17.3. The summed E-state index contributed by atoms with van der Waals surface area (Å²) in [5.41, 5.74) is 1.11. The van der Waals surface area contributed by atoms with Crippen LogP contribution in [0.2, 0.25) is 0 Å². The first kappa shape index (κ1) is 26.4. The number of piperidine rings is 1. The Balaban J connectivity index is 1.20. The lowest BCUT2D eigenvalue weighted by Crippen LogP contribution is -2.48. The van der Waals surface area contributed by atoms with E-state index in [1.54, 1.807) is 12.1 Å². The Hall–Kier alpha value is -2.68. The number of anilines is 2. The van der Waals surface area contributed by atoms with Crippen LogP contribution in [0.1, 0.15) is 52.4 Å². The van der Waals surface area contributed by atoms with E-state index in [-0.39, 0.29) is 35.9 Å². The van der Waals surface area contributed by atoms with Gasteiger partial charge in [0.15, 0.2) is 0 Å². The third-order valence-electron chi connectivity index (χ3n) is 7.50. The highest BCUT2D eigenvalue weighted by Crippen LogP contribution is 2.31. The van der Waals surface area contributed by atoms with Gasteiger partial charge in [0.1, 0.15) is 11.9 Å². The number of rotatable bonds is 8. The highest BCUT2D eigenvalue weighted by molar-refractivity contribution is 6.01. The number of imide groups is 1. The number of amides is 2. The van der Waals surface area contributed by atoms with Crippen LogP contribution < -0.4 is 15.5 Å². The van der Waals surface area contributed by atoms with Crippen LogP contribution >= 0.6 is 0 Å². The average Bonchev–Trinajstić information content (AvgIpc) is 2.85. The Morgan fingerprint density at radius 3 is 2.47 bits per heavy atom. The highest BCUT2D eigenvalue weighted by Gasteiger charge is 2.30. The third kappa shape index (κ3) is 6.96. The van der Waals surface area contributed by atoms with Gasteiger partial charge in [-0.25, -0.2) is 4.39 Å². The molecule has 1 aromatic carbocycles. The molecule has 8 nitrogen and oxygen atoms in total. The molecular weight excluding hydrogens is 463 g/mol. The quantitative estimate of drug-likeness (QED) is 0.417. The van der Waals surface area contributed by atoms with Gasteiger partial charge in [-0.1, -0.05) is 13.8 Å². The maximum atomic E-state index is 14.9. The Kier molecular flexibility index (Phi) is 8.82. The van der Waals surface area contributed by atoms with Gasteiger partial charge >= 0.3 is 5.97 Å². The van der Waals surface area contributed by atoms with Gasteiger partial charge in [0.05, 0.1) is 18.2 Å². The number of carbonyl (C=O) groups excluding carboxylic acids is 3. The number of hydrogen-bond donors (Lipinski definition) is 2. The Morgan fingerprint density at radius 1 is 1.11 bits per heavy atom. The molecule has 1 unspecified atom stereocenters. The van der Waals surface area contributed by atoms with Gasteiger partial charge in [0.2, 0.25) is 11.8 Å². The molecule has 3 fully saturated rings. The SMILES string of the molecule is CC(C)COC(=O)C1CCC(CN2CCN(c3ccc(NC4CCC(=O)NC4=O)cc3F)CC2)CC1. The van der Waals surface area contributed by atoms with E-state index in [0.29, 0.717) is 36.2 Å². The van der Waals surface area contributed by atoms with Crippen molar-refractivity contribution in [2.75, 3.05) is 49.5 Å². The molecule has 0 radical (unpaired) electrons. The van der Waals surface area contributed by atoms with E-state index in [2.05, 4.69) is 34.3 Å². The number of hydrogen-bond acceptors (Lipinski definition) is 7. The fraction of sp³-hybridized carbons (Fsp3) is 0.667. The van der Waals surface area contributed by atoms with Gasteiger partial charge in [0.25, 0.3) is 0 Å². The number of ether oxygens (including phenoxy) is 1. The molecule has 0 bridgehead atoms. The molecule has 36 heavy (non-hydrogen) atoms. The van der Waals surface area contributed by atoms with Gasteiger partial charge in [-0.15, -0.1) is 0 Å². The summed E-state index contributed by atoms with van der Waals surface area (Å²) in [6.45, 7) is 8.91. The summed E-state index contributed by atoms with van der Waals surface area (Å²) >= 11 is 0. The molecule has 2 amide bonds. The van der Waals surface area contributed by atoms with Gasteiger partial charge in [0, 0.05) is 44.8 Å². The molecule has 1 atom stereocenters. The zero-order valence-corrected chi connectivity index (χ0v) is 21.4. The normalized spacial score (nSPS) is 25.6. The molecule has 9 heteroatoms. The van der Waals surface area contributed by atoms with E-state index < -0.39 is 6.04 Å². The smallest absolute Gasteiger partial charge is 0.308 e. The van der Waals surface area contributed by atoms with Crippen LogP contribution in [0.15, 0.2) is 18.2 Å². The second-order valence-corrected chi connectivity index (χ2v) is 10.8. The molecule has 3 aliphatic rings. The van der Waals surface area contributed by atoms with E-state index in [9.17, 15) is 18.8 Å². The molecule has 4 rings (SSSR count). The van der Waals surface area contributed by atoms with Gasteiger partial charge in [-0.05, 0) is 62.1 Å². The maximum absolute atomic E-state index is 14.9. The van der Waals surface area contributed by atoms with Crippen molar-refractivity contribution < 1.29 is 23.5 Å². The van der Waals surface area contributed by atoms with E-state index >= 15 is 0 Å². The predicted molar refractivity (Wildman–Crippen MR) is 136 cm³/mol. The van der Waals surface area contributed by atoms with Gasteiger partial charge < -0.3 is 15.0 Å². The first-order valence-electron chi connectivity index (χ1n) is 13.3. The van der Waals surface area contributed by atoms with Crippen LogP contribution in [0.5, 0.6) is 0 Å². The zero-order chi connectivity index (χ0) is 25.7. The number of benzene rings is 1. The standard InChI is InChI=1S/C27H39FN4O4/c1-18(2)17-36-27(35)20-5-3-19(4-6-20)16-31-11-13-32(14-12-31)24-9-7-21(15-22(24)28)29-23-8-10-25(33)30-26(23)34/h7,9,15,18-20,23,29H,3-6,8,10-14,16-17H2,1-2H3,(H,30,33,34). The van der Waals surface area contributed by atoms with Crippen LogP contribution in [0.3, 0.4) is 0 Å². The summed E-state index contributed by atoms with van der Waals surface area (Å²) in [6.07, 6.45) is 4.61. The van der Waals surface area contributed by atoms with Crippen molar-refractivity contribution in [3.63, 3.8) is 0 Å². The molecule has 2 N–H and O–H groups in total. The van der Waals surface area contributed by atoms with Crippen LogP contribution in [-0.2, 0) is 19.1 Å². The number of esters is 1. The molecule has 2 saturated heterocycles. The fourth-order valence-electron chi connectivity index (χ4n) is 5.37. The maximum Gasteiger partial charge on any atom is 0.308 e. The molecule has 1 aromatic rings. The number of nitrogens with zero attached hydrogens (tertiary/aromatic N) is 2. The summed E-state index contributed by atoms with van der Waals surface area (Å²) in [4.78, 5) is 40.0. The minimum absolute atomic E-state index is 0.0314. The van der Waals surface area contributed by atoms with Crippen LogP contribution in [0, 0.1) is 23.6 Å². The topological polar surface area (TPSA) is 91.0 Å². The van der Waals surface area contributed by atoms with Crippen molar-refractivity contribution in [3.8, 4) is 0 Å². The minimum Gasteiger partial charge on any atom is -0.465 e. The largest absolute Gasteiger partial charge is 0.465 e. The molecule has 2 heterocycles. The predicted octanol–water partition coefficient (Wildman–Crippen LogP) is 3.17. The second kappa shape index (κ2) is 12.0. The van der Waals surface area contributed by atoms with Crippen molar-refractivity contribution in [2.24, 2.45) is 17.8 Å². The van der Waals surface area contributed by atoms with Crippen LogP contribution in [0.25, 0.3) is 0 Å². The summed E-state index contributed by atoms with van der Waals surface area (Å²) in [5.74, 6) is 0.0244. The highest BCUT2D eigenvalue weighted by atomic mass is 19.1. The molecule has 0 aromatic heterocycles. The summed E-state index contributed by atoms with van der Waals surface area (Å²) in [7, 11) is 0. The molecule has 198 valence electrons. The lowest BCUT2D eigenvalue weighted by molar-refractivity contribution is -0.151. The molecule has 2 aliphatic heterocycles. The van der Waals surface area contributed by atoms with Crippen molar-refractivity contribution in [1.82, 2.24) is 10.2 Å². The molecular formula is C27H39FN4O4. The van der Waals surface area contributed by atoms with Crippen molar-refractivity contribution in [3.05, 3.63) is 24.0 Å². The summed E-state index contributed by atoms with van der Waals surface area (Å²) in [5, 5.41) is 5.35. The number of halogens is 1. The van der Waals surface area contributed by atoms with Crippen LogP contribution in [-0.4, -0.2) is 68.1 Å². The lowest BCUT2D eigenvalue weighted by Gasteiger charge is -2.39. The molecule has 1 aliphatic carbocycles. The minimum atomic E-state index is -0.530. The Morgan fingerprint density at radius 2 is 1.83 bits per heavy atom. The summed E-state index contributed by atoms with van der Waals surface area (Å²) in [6, 6.07) is 4.45. The number of piperazine rings is 1. The van der Waals surface area contributed by atoms with E-state index in [4.69, 9.17) is 4.74 Å². The zero-order valence-electron chi connectivity index (χ0n) is 21.4. The van der Waals surface area contributed by atoms with E-state index in [1.165, 1.54) is 6.07 Å². The Bertz CT molecular complexity index is 940. The fourth-order valence-corrected chi connectivity index (χ4v) is 5.37. The van der Waals surface area contributed by atoms with Crippen molar-refractivity contribution in [2.45, 2.75) is 58.4 Å². The number of carbonyl (C=O) groups is 3. The molecule has 1 saturated carbocycles. The second-order valence-electron chi connectivity index (χ2n) is 10.8. The van der Waals surface area contributed by atoms with Crippen molar-refractivity contribution in [1.29, 1.82) is 0 Å². The van der Waals surface area contributed by atoms with Crippen LogP contribution in [0.4, 0.5) is 15.8 Å². The molecule has 0 spiro atoms. The first-order valence-corrected chi connectivity index (χ1v) is 13.3. The lowest BCUT2D eigenvalue weighted by atomic mass is 9.81. The van der Waals surface area contributed by atoms with Gasteiger partial charge in [-0.3, -0.25) is 24.6 Å². The van der Waals surface area contributed by atoms with E-state index in [0.717, 1.165) is 58.4 Å². The van der Waals surface area contributed by atoms with Crippen molar-refractivity contribution >= 4 is 29.2 Å². The third-order valence-corrected chi connectivity index (χ3v) is 7.50. The number of nitrogens with one attached hydrogen (secondary N) is 2. The van der Waals surface area contributed by atoms with Gasteiger partial charge in [-0.2, -0.15) is 0 Å².